The Balaban J connectivity index is 1.53. The van der Waals surface area contributed by atoms with Gasteiger partial charge in [0.25, 0.3) is 5.91 Å². The standard InChI is InChI=1S/C31H41N3O6/c1-3-32(4-2)22-13-15-23(16-14-22)33-19-11-17-31-26(28(36)34(18-8-9-20-35)27(31)29(33)37)25-24(40-31)12-7-5-6-10-21-39-30(25)38/h7,11-17,24-27,35H,3-6,8-10,18-21H2,1-2H3/b12-7-/t24-,25+,26+,27?,31+/m1/s1. The summed E-state index contributed by atoms with van der Waals surface area (Å²) in [5.74, 6) is -2.64. The molecule has 4 aliphatic rings. The summed E-state index contributed by atoms with van der Waals surface area (Å²) in [7, 11) is 0. The lowest BCUT2D eigenvalue weighted by Crippen LogP contribution is -2.55. The molecule has 1 aromatic carbocycles. The number of rotatable bonds is 8. The first-order valence-electron chi connectivity index (χ1n) is 14.7. The first-order valence-corrected chi connectivity index (χ1v) is 14.7. The Labute approximate surface area is 236 Å². The molecule has 5 atom stereocenters. The van der Waals surface area contributed by atoms with Gasteiger partial charge in [-0.1, -0.05) is 24.3 Å². The van der Waals surface area contributed by atoms with Crippen LogP contribution in [-0.4, -0.2) is 84.9 Å². The highest BCUT2D eigenvalue weighted by atomic mass is 16.6. The van der Waals surface area contributed by atoms with Crippen molar-refractivity contribution in [2.75, 3.05) is 49.2 Å². The van der Waals surface area contributed by atoms with Crippen LogP contribution < -0.4 is 9.80 Å². The number of likely N-dealkylation sites (tertiary alicyclic amines) is 1. The maximum Gasteiger partial charge on any atom is 0.312 e. The number of carbonyl (C=O) groups is 3. The van der Waals surface area contributed by atoms with Crippen LogP contribution in [0.4, 0.5) is 11.4 Å². The maximum atomic E-state index is 14.4. The normalized spacial score (nSPS) is 30.8. The number of allylic oxidation sites excluding steroid dienone is 1. The number of hydrogen-bond acceptors (Lipinski definition) is 7. The molecule has 0 aromatic heterocycles. The number of anilines is 2. The van der Waals surface area contributed by atoms with Crippen LogP contribution in [0.3, 0.4) is 0 Å². The number of esters is 1. The fourth-order valence-electron chi connectivity index (χ4n) is 6.71. The van der Waals surface area contributed by atoms with E-state index in [1.54, 1.807) is 9.80 Å². The lowest BCUT2D eigenvalue weighted by molar-refractivity contribution is -0.154. The molecular weight excluding hydrogens is 510 g/mol. The van der Waals surface area contributed by atoms with Crippen molar-refractivity contribution in [3.05, 3.63) is 48.6 Å². The Morgan fingerprint density at radius 2 is 1.80 bits per heavy atom. The second-order valence-electron chi connectivity index (χ2n) is 10.9. The Morgan fingerprint density at radius 1 is 1.02 bits per heavy atom. The zero-order chi connectivity index (χ0) is 28.3. The van der Waals surface area contributed by atoms with Gasteiger partial charge in [-0.05, 0) is 70.2 Å². The predicted molar refractivity (Wildman–Crippen MR) is 152 cm³/mol. The van der Waals surface area contributed by atoms with Crippen LogP contribution in [0.15, 0.2) is 48.6 Å². The molecular formula is C31H41N3O6. The maximum absolute atomic E-state index is 14.4. The Bertz CT molecular complexity index is 1150. The minimum absolute atomic E-state index is 0.00154. The molecule has 2 amide bonds. The van der Waals surface area contributed by atoms with Crippen molar-refractivity contribution < 1.29 is 29.0 Å². The zero-order valence-electron chi connectivity index (χ0n) is 23.5. The van der Waals surface area contributed by atoms with Gasteiger partial charge in [0.2, 0.25) is 5.91 Å². The SMILES string of the molecule is CCN(CC)c1ccc(N2CC=C[C@]34O[C@@H]5/C=C\CCCCOC(=O)[C@@H]5[C@H]3C(=O)N(CCCCO)C4C2=O)cc1. The monoisotopic (exact) mass is 551 g/mol. The third kappa shape index (κ3) is 4.94. The first-order chi connectivity index (χ1) is 19.5. The molecule has 1 N–H and O–H groups in total. The number of hydrogen-bond donors (Lipinski definition) is 1. The van der Waals surface area contributed by atoms with Crippen molar-refractivity contribution in [3.8, 4) is 0 Å². The van der Waals surface area contributed by atoms with Crippen molar-refractivity contribution in [2.45, 2.75) is 63.7 Å². The second-order valence-corrected chi connectivity index (χ2v) is 10.9. The molecule has 9 heteroatoms. The molecule has 2 fully saturated rings. The number of carbonyl (C=O) groups excluding carboxylic acids is 3. The third-order valence-corrected chi connectivity index (χ3v) is 8.70. The zero-order valence-corrected chi connectivity index (χ0v) is 23.5. The van der Waals surface area contributed by atoms with E-state index in [4.69, 9.17) is 9.47 Å². The second kappa shape index (κ2) is 12.1. The number of benzene rings is 1. The lowest BCUT2D eigenvalue weighted by atomic mass is 9.78. The average Bonchev–Trinajstić information content (AvgIpc) is 3.34. The molecule has 1 unspecified atom stereocenters. The molecule has 4 aliphatic heterocycles. The molecule has 1 aromatic rings. The summed E-state index contributed by atoms with van der Waals surface area (Å²) >= 11 is 0. The van der Waals surface area contributed by atoms with Crippen LogP contribution in [0.1, 0.15) is 46.0 Å². The quantitative estimate of drug-likeness (QED) is 0.301. The van der Waals surface area contributed by atoms with Gasteiger partial charge >= 0.3 is 5.97 Å². The van der Waals surface area contributed by atoms with E-state index in [1.807, 2.05) is 48.6 Å². The number of aliphatic hydroxyl groups excluding tert-OH is 1. The molecule has 0 aliphatic carbocycles. The summed E-state index contributed by atoms with van der Waals surface area (Å²) in [6, 6.07) is 6.99. The Hall–Kier alpha value is -3.17. The van der Waals surface area contributed by atoms with Crippen LogP contribution in [0.5, 0.6) is 0 Å². The first kappa shape index (κ1) is 28.4. The van der Waals surface area contributed by atoms with E-state index < -0.39 is 35.6 Å². The van der Waals surface area contributed by atoms with Gasteiger partial charge in [-0.25, -0.2) is 0 Å². The summed E-state index contributed by atoms with van der Waals surface area (Å²) in [6.45, 7) is 6.91. The molecule has 216 valence electrons. The summed E-state index contributed by atoms with van der Waals surface area (Å²) in [5, 5.41) is 9.39. The molecule has 4 heterocycles. The number of nitrogens with zero attached hydrogens (tertiary/aromatic N) is 3. The summed E-state index contributed by atoms with van der Waals surface area (Å²) < 4.78 is 12.3. The van der Waals surface area contributed by atoms with Crippen molar-refractivity contribution in [1.29, 1.82) is 0 Å². The molecule has 1 spiro atoms. The van der Waals surface area contributed by atoms with Gasteiger partial charge in [0.15, 0.2) is 0 Å². The molecule has 2 saturated heterocycles. The topological polar surface area (TPSA) is 99.6 Å². The number of amides is 2. The molecule has 0 saturated carbocycles. The van der Waals surface area contributed by atoms with Gasteiger partial charge in [0.05, 0.1) is 18.6 Å². The smallest absolute Gasteiger partial charge is 0.312 e. The molecule has 9 nitrogen and oxygen atoms in total. The summed E-state index contributed by atoms with van der Waals surface area (Å²) in [5.41, 5.74) is 0.540. The number of cyclic esters (lactones) is 1. The van der Waals surface area contributed by atoms with Gasteiger partial charge in [-0.3, -0.25) is 14.4 Å². The van der Waals surface area contributed by atoms with E-state index in [0.29, 0.717) is 32.5 Å². The molecule has 0 bridgehead atoms. The van der Waals surface area contributed by atoms with Gasteiger partial charge in [-0.15, -0.1) is 0 Å². The van der Waals surface area contributed by atoms with Crippen molar-refractivity contribution in [2.24, 2.45) is 11.8 Å². The highest BCUT2D eigenvalue weighted by Gasteiger charge is 2.71. The van der Waals surface area contributed by atoms with E-state index in [2.05, 4.69) is 18.7 Å². The fourth-order valence-corrected chi connectivity index (χ4v) is 6.71. The number of unbranched alkanes of at least 4 members (excludes halogenated alkanes) is 1. The van der Waals surface area contributed by atoms with Crippen LogP contribution in [0, 0.1) is 11.8 Å². The van der Waals surface area contributed by atoms with Crippen LogP contribution in [0.2, 0.25) is 0 Å². The predicted octanol–water partition coefficient (Wildman–Crippen LogP) is 3.07. The van der Waals surface area contributed by atoms with Gasteiger partial charge in [-0.2, -0.15) is 0 Å². The van der Waals surface area contributed by atoms with E-state index >= 15 is 0 Å². The Morgan fingerprint density at radius 3 is 2.52 bits per heavy atom. The van der Waals surface area contributed by atoms with Crippen molar-refractivity contribution in [1.82, 2.24) is 4.90 Å². The molecule has 40 heavy (non-hydrogen) atoms. The van der Waals surface area contributed by atoms with Crippen LogP contribution >= 0.6 is 0 Å². The van der Waals surface area contributed by atoms with Crippen molar-refractivity contribution in [3.63, 3.8) is 0 Å². The lowest BCUT2D eigenvalue weighted by Gasteiger charge is -2.35. The number of fused-ring (bicyclic) bond motifs is 2. The van der Waals surface area contributed by atoms with E-state index in [-0.39, 0.29) is 18.4 Å². The van der Waals surface area contributed by atoms with Gasteiger partial charge in [0, 0.05) is 44.2 Å². The van der Waals surface area contributed by atoms with Gasteiger partial charge < -0.3 is 29.3 Å². The van der Waals surface area contributed by atoms with Crippen LogP contribution in [0.25, 0.3) is 0 Å². The van der Waals surface area contributed by atoms with Crippen LogP contribution in [-0.2, 0) is 23.9 Å². The highest BCUT2D eigenvalue weighted by Crippen LogP contribution is 2.53. The van der Waals surface area contributed by atoms with E-state index in [0.717, 1.165) is 43.7 Å². The van der Waals surface area contributed by atoms with Gasteiger partial charge in [0.1, 0.15) is 17.6 Å². The minimum Gasteiger partial charge on any atom is -0.465 e. The molecule has 5 rings (SSSR count). The number of ether oxygens (including phenoxy) is 2. The van der Waals surface area contributed by atoms with Crippen molar-refractivity contribution >= 4 is 29.2 Å². The summed E-state index contributed by atoms with van der Waals surface area (Å²) in [6.07, 6.45) is 10.5. The average molecular weight is 552 g/mol. The third-order valence-electron chi connectivity index (χ3n) is 8.70. The fraction of sp³-hybridized carbons (Fsp3) is 0.581. The Kier molecular flexibility index (Phi) is 8.61. The summed E-state index contributed by atoms with van der Waals surface area (Å²) in [4.78, 5) is 47.4. The molecule has 0 radical (unpaired) electrons. The largest absolute Gasteiger partial charge is 0.465 e. The van der Waals surface area contributed by atoms with E-state index in [1.165, 1.54) is 0 Å². The number of aliphatic hydroxyl groups is 1. The minimum atomic E-state index is -1.28. The van der Waals surface area contributed by atoms with E-state index in [9.17, 15) is 19.5 Å². The highest BCUT2D eigenvalue weighted by molar-refractivity contribution is 6.05.